The first-order valence-electron chi connectivity index (χ1n) is 7.89. The first-order valence-corrected chi connectivity index (χ1v) is 8.71. The summed E-state index contributed by atoms with van der Waals surface area (Å²) in [5, 5.41) is 0. The first kappa shape index (κ1) is 13.7. The van der Waals surface area contributed by atoms with Gasteiger partial charge in [-0.15, -0.1) is 11.3 Å². The summed E-state index contributed by atoms with van der Waals surface area (Å²) >= 11 is 1.59. The van der Waals surface area contributed by atoms with Crippen LogP contribution in [0.25, 0.3) is 0 Å². The van der Waals surface area contributed by atoms with E-state index in [9.17, 15) is 4.79 Å². The third kappa shape index (κ3) is 2.41. The van der Waals surface area contributed by atoms with E-state index in [0.29, 0.717) is 6.04 Å². The Morgan fingerprint density at radius 3 is 2.76 bits per heavy atom. The van der Waals surface area contributed by atoms with Crippen molar-refractivity contribution in [1.29, 1.82) is 0 Å². The van der Waals surface area contributed by atoms with Crippen molar-refractivity contribution >= 4 is 17.2 Å². The van der Waals surface area contributed by atoms with Crippen molar-refractivity contribution in [2.24, 2.45) is 0 Å². The molecule has 1 spiro atoms. The molecule has 21 heavy (non-hydrogen) atoms. The van der Waals surface area contributed by atoms with Gasteiger partial charge in [0.25, 0.3) is 5.91 Å². The SMILES string of the molecule is Cc1ccc(C(=O)N2CC3(CC(N4CCCC4)CO3)C2)s1. The van der Waals surface area contributed by atoms with Crippen LogP contribution >= 0.6 is 11.3 Å². The Labute approximate surface area is 129 Å². The minimum Gasteiger partial charge on any atom is -0.370 e. The Bertz CT molecular complexity index is 544. The van der Waals surface area contributed by atoms with Gasteiger partial charge >= 0.3 is 0 Å². The average molecular weight is 306 g/mol. The molecule has 3 aliphatic heterocycles. The summed E-state index contributed by atoms with van der Waals surface area (Å²) in [6.07, 6.45) is 3.75. The number of amides is 1. The van der Waals surface area contributed by atoms with Crippen molar-refractivity contribution in [2.45, 2.75) is 37.8 Å². The molecule has 3 fully saturated rings. The maximum absolute atomic E-state index is 12.4. The predicted octanol–water partition coefficient (Wildman–Crippen LogP) is 2.14. The van der Waals surface area contributed by atoms with Gasteiger partial charge in [-0.3, -0.25) is 9.69 Å². The fraction of sp³-hybridized carbons (Fsp3) is 0.688. The van der Waals surface area contributed by atoms with Gasteiger partial charge in [0, 0.05) is 10.9 Å². The summed E-state index contributed by atoms with van der Waals surface area (Å²) in [7, 11) is 0. The molecule has 4 rings (SSSR count). The van der Waals surface area contributed by atoms with Gasteiger partial charge in [-0.2, -0.15) is 0 Å². The topological polar surface area (TPSA) is 32.8 Å². The molecule has 1 atom stereocenters. The Balaban J connectivity index is 1.35. The van der Waals surface area contributed by atoms with Crippen molar-refractivity contribution in [2.75, 3.05) is 32.8 Å². The lowest BCUT2D eigenvalue weighted by Gasteiger charge is -2.47. The van der Waals surface area contributed by atoms with Crippen LogP contribution in [0.1, 0.15) is 33.8 Å². The number of carbonyl (C=O) groups is 1. The highest BCUT2D eigenvalue weighted by atomic mass is 32.1. The minimum absolute atomic E-state index is 0.0464. The largest absolute Gasteiger partial charge is 0.370 e. The molecule has 1 amide bonds. The van der Waals surface area contributed by atoms with Crippen LogP contribution in [0.4, 0.5) is 0 Å². The van der Waals surface area contributed by atoms with Crippen LogP contribution in [-0.4, -0.2) is 60.1 Å². The number of aryl methyl sites for hydroxylation is 1. The first-order chi connectivity index (χ1) is 10.2. The lowest BCUT2D eigenvalue weighted by atomic mass is 9.89. The Morgan fingerprint density at radius 2 is 2.10 bits per heavy atom. The lowest BCUT2D eigenvalue weighted by molar-refractivity contribution is -0.0949. The summed E-state index contributed by atoms with van der Waals surface area (Å²) in [6.45, 7) is 6.88. The van der Waals surface area contributed by atoms with Crippen LogP contribution in [0.15, 0.2) is 12.1 Å². The number of nitrogens with zero attached hydrogens (tertiary/aromatic N) is 2. The summed E-state index contributed by atoms with van der Waals surface area (Å²) < 4.78 is 6.09. The summed E-state index contributed by atoms with van der Waals surface area (Å²) in [4.78, 5) is 19.0. The van der Waals surface area contributed by atoms with Gasteiger partial charge in [-0.25, -0.2) is 0 Å². The van der Waals surface area contributed by atoms with Crippen molar-refractivity contribution in [1.82, 2.24) is 9.80 Å². The second-order valence-electron chi connectivity index (χ2n) is 6.67. The fourth-order valence-electron chi connectivity index (χ4n) is 3.88. The van der Waals surface area contributed by atoms with E-state index in [1.165, 1.54) is 30.8 Å². The van der Waals surface area contributed by atoms with Crippen molar-refractivity contribution in [3.05, 3.63) is 21.9 Å². The average Bonchev–Trinajstić information content (AvgIpc) is 3.15. The molecule has 1 aromatic heterocycles. The molecule has 0 bridgehead atoms. The van der Waals surface area contributed by atoms with Crippen molar-refractivity contribution in [3.63, 3.8) is 0 Å². The Kier molecular flexibility index (Phi) is 3.32. The smallest absolute Gasteiger partial charge is 0.264 e. The van der Waals surface area contributed by atoms with E-state index < -0.39 is 0 Å². The molecule has 4 heterocycles. The third-order valence-corrected chi connectivity index (χ3v) is 6.03. The zero-order valence-corrected chi connectivity index (χ0v) is 13.3. The summed E-state index contributed by atoms with van der Waals surface area (Å²) in [5.74, 6) is 0.173. The van der Waals surface area contributed by atoms with Crippen molar-refractivity contribution < 1.29 is 9.53 Å². The van der Waals surface area contributed by atoms with E-state index >= 15 is 0 Å². The predicted molar refractivity (Wildman–Crippen MR) is 82.9 cm³/mol. The second-order valence-corrected chi connectivity index (χ2v) is 7.95. The zero-order valence-electron chi connectivity index (χ0n) is 12.5. The van der Waals surface area contributed by atoms with Crippen LogP contribution in [0.5, 0.6) is 0 Å². The third-order valence-electron chi connectivity index (χ3n) is 5.04. The van der Waals surface area contributed by atoms with E-state index in [2.05, 4.69) is 4.90 Å². The highest BCUT2D eigenvalue weighted by Crippen LogP contribution is 2.38. The molecule has 0 N–H and O–H groups in total. The number of hydrogen-bond donors (Lipinski definition) is 0. The van der Waals surface area contributed by atoms with Crippen LogP contribution in [0, 0.1) is 6.92 Å². The van der Waals surface area contributed by atoms with Gasteiger partial charge < -0.3 is 9.64 Å². The molecule has 3 aliphatic rings. The van der Waals surface area contributed by atoms with Gasteiger partial charge in [0.1, 0.15) is 5.60 Å². The van der Waals surface area contributed by atoms with Crippen LogP contribution in [0.3, 0.4) is 0 Å². The number of rotatable bonds is 2. The number of ether oxygens (including phenoxy) is 1. The summed E-state index contributed by atoms with van der Waals surface area (Å²) in [6, 6.07) is 4.53. The number of hydrogen-bond acceptors (Lipinski definition) is 4. The van der Waals surface area contributed by atoms with Crippen LogP contribution < -0.4 is 0 Å². The highest BCUT2D eigenvalue weighted by Gasteiger charge is 2.52. The molecule has 4 nitrogen and oxygen atoms in total. The second kappa shape index (κ2) is 5.07. The molecule has 1 aromatic rings. The minimum atomic E-state index is -0.0464. The monoisotopic (exact) mass is 306 g/mol. The molecular weight excluding hydrogens is 284 g/mol. The zero-order chi connectivity index (χ0) is 14.4. The number of thiophene rings is 1. The van der Waals surface area contributed by atoms with E-state index in [1.807, 2.05) is 24.0 Å². The molecule has 3 saturated heterocycles. The van der Waals surface area contributed by atoms with Crippen LogP contribution in [-0.2, 0) is 4.74 Å². The van der Waals surface area contributed by atoms with Gasteiger partial charge in [-0.05, 0) is 51.4 Å². The van der Waals surface area contributed by atoms with E-state index in [-0.39, 0.29) is 11.5 Å². The quantitative estimate of drug-likeness (QED) is 0.839. The molecule has 0 radical (unpaired) electrons. The number of carbonyl (C=O) groups excluding carboxylic acids is 1. The highest BCUT2D eigenvalue weighted by molar-refractivity contribution is 7.13. The fourth-order valence-corrected chi connectivity index (χ4v) is 4.72. The Hall–Kier alpha value is -0.910. The van der Waals surface area contributed by atoms with E-state index in [4.69, 9.17) is 4.74 Å². The normalized spacial score (nSPS) is 28.2. The maximum atomic E-state index is 12.4. The summed E-state index contributed by atoms with van der Waals surface area (Å²) in [5.41, 5.74) is -0.0464. The van der Waals surface area contributed by atoms with E-state index in [1.54, 1.807) is 11.3 Å². The number of likely N-dealkylation sites (tertiary alicyclic amines) is 2. The molecule has 0 aliphatic carbocycles. The molecule has 0 saturated carbocycles. The van der Waals surface area contributed by atoms with Crippen molar-refractivity contribution in [3.8, 4) is 0 Å². The van der Waals surface area contributed by atoms with Crippen LogP contribution in [0.2, 0.25) is 0 Å². The lowest BCUT2D eigenvalue weighted by Crippen LogP contribution is -2.63. The van der Waals surface area contributed by atoms with Gasteiger partial charge in [0.05, 0.1) is 24.6 Å². The van der Waals surface area contributed by atoms with Gasteiger partial charge in [0.15, 0.2) is 0 Å². The standard InChI is InChI=1S/C16H22N2O2S/c1-12-4-5-14(21-12)15(19)18-10-16(11-18)8-13(9-20-16)17-6-2-3-7-17/h4-5,13H,2-3,6-11H2,1H3. The molecule has 5 heteroatoms. The molecule has 114 valence electrons. The molecular formula is C16H22N2O2S. The molecule has 1 unspecified atom stereocenters. The maximum Gasteiger partial charge on any atom is 0.264 e. The van der Waals surface area contributed by atoms with Gasteiger partial charge in [0.2, 0.25) is 0 Å². The Morgan fingerprint density at radius 1 is 1.33 bits per heavy atom. The van der Waals surface area contributed by atoms with Gasteiger partial charge in [-0.1, -0.05) is 0 Å². The van der Waals surface area contributed by atoms with E-state index in [0.717, 1.165) is 31.0 Å². The molecule has 0 aromatic carbocycles.